The monoisotopic (exact) mass is 910 g/mol. The number of ether oxygens (including phenoxy) is 7. The van der Waals surface area contributed by atoms with Gasteiger partial charge in [0.2, 0.25) is 0 Å². The molecule has 0 radical (unpaired) electrons. The molecule has 1 saturated heterocycles. The maximum atomic E-state index is 14.8. The second-order valence-electron chi connectivity index (χ2n) is 18.0. The summed E-state index contributed by atoms with van der Waals surface area (Å²) in [6, 6.07) is 31.8. The third kappa shape index (κ3) is 11.2. The highest BCUT2D eigenvalue weighted by Gasteiger charge is 2.65. The zero-order valence-corrected chi connectivity index (χ0v) is 41.9. The number of hydrogen-bond acceptors (Lipinski definition) is 10. The zero-order chi connectivity index (χ0) is 46.6. The van der Waals surface area contributed by atoms with Crippen LogP contribution in [-0.4, -0.2) is 92.4 Å². The van der Waals surface area contributed by atoms with Crippen molar-refractivity contribution >= 4 is 28.2 Å². The number of hydrogen-bond donors (Lipinski definition) is 0. The Labute approximate surface area is 389 Å². The maximum absolute atomic E-state index is 14.8. The molecule has 2 aliphatic rings. The van der Waals surface area contributed by atoms with Crippen LogP contribution in [0.3, 0.4) is 0 Å². The van der Waals surface area contributed by atoms with Crippen LogP contribution in [0.4, 0.5) is 10.5 Å². The van der Waals surface area contributed by atoms with Gasteiger partial charge < -0.3 is 42.5 Å². The van der Waals surface area contributed by atoms with Crippen LogP contribution in [0.5, 0.6) is 17.2 Å². The fourth-order valence-corrected chi connectivity index (χ4v) is 10.8. The molecule has 0 bridgehead atoms. The lowest BCUT2D eigenvalue weighted by Crippen LogP contribution is -2.74. The first-order valence-electron chi connectivity index (χ1n) is 23.0. The first-order chi connectivity index (χ1) is 31.4. The highest BCUT2D eigenvalue weighted by atomic mass is 28.2. The van der Waals surface area contributed by atoms with Crippen LogP contribution in [-0.2, 0) is 48.0 Å². The quantitative estimate of drug-likeness (QED) is 0.0431. The van der Waals surface area contributed by atoms with Crippen molar-refractivity contribution in [3.8, 4) is 17.2 Å². The van der Waals surface area contributed by atoms with Crippen molar-refractivity contribution in [2.45, 2.75) is 91.4 Å². The van der Waals surface area contributed by atoms with Gasteiger partial charge in [-0.1, -0.05) is 108 Å². The number of anilines is 1. The molecule has 3 unspecified atom stereocenters. The third-order valence-electron chi connectivity index (χ3n) is 13.1. The molecule has 0 spiro atoms. The van der Waals surface area contributed by atoms with Crippen LogP contribution >= 0.6 is 0 Å². The molecule has 2 aliphatic heterocycles. The number of benzene rings is 4. The number of likely N-dealkylation sites (tertiary alicyclic amines) is 1. The summed E-state index contributed by atoms with van der Waals surface area (Å²) in [5.41, 5.74) is 3.83. The predicted molar refractivity (Wildman–Crippen MR) is 255 cm³/mol. The Morgan fingerprint density at radius 2 is 1.54 bits per heavy atom. The minimum Gasteiger partial charge on any atom is -0.496 e. The number of carbonyl (C=O) groups is 2. The molecular formula is C52H70N2O10Si. The lowest BCUT2D eigenvalue weighted by molar-refractivity contribution is -0.273. The molecule has 1 fully saturated rings. The topological polar surface area (TPSA) is 114 Å². The predicted octanol–water partition coefficient (Wildman–Crippen LogP) is 8.71. The Morgan fingerprint density at radius 3 is 2.22 bits per heavy atom. The SMILES string of the molecule is COCCCN1C(=O)COc2ccc(COC3(O[SiH3])CN(C(=O)OCc4ccccc4)C(C(C)C)(C(C)C)C(C(C)C)C3c3ccc(OCCCOCc4ccccc4OC)cc3)cc21. The van der Waals surface area contributed by atoms with Crippen molar-refractivity contribution in [1.29, 1.82) is 0 Å². The first-order valence-corrected chi connectivity index (χ1v) is 23.9. The Balaban J connectivity index is 1.32. The van der Waals surface area contributed by atoms with Crippen molar-refractivity contribution in [3.05, 3.63) is 119 Å². The van der Waals surface area contributed by atoms with Gasteiger partial charge in [0, 0.05) is 38.2 Å². The average molecular weight is 911 g/mol. The van der Waals surface area contributed by atoms with Crippen LogP contribution < -0.4 is 19.1 Å². The molecule has 6 rings (SSSR count). The fraction of sp³-hybridized carbons (Fsp3) is 0.500. The van der Waals surface area contributed by atoms with Gasteiger partial charge in [-0.2, -0.15) is 0 Å². The molecule has 0 N–H and O–H groups in total. The summed E-state index contributed by atoms with van der Waals surface area (Å²) < 4.78 is 49.1. The number of fused-ring (bicyclic) bond motifs is 1. The third-order valence-corrected chi connectivity index (χ3v) is 13.8. The molecule has 352 valence electrons. The van der Waals surface area contributed by atoms with Gasteiger partial charge >= 0.3 is 6.09 Å². The second-order valence-corrected chi connectivity index (χ2v) is 18.4. The van der Waals surface area contributed by atoms with Crippen LogP contribution in [0.25, 0.3) is 0 Å². The second kappa shape index (κ2) is 23.0. The van der Waals surface area contributed by atoms with Gasteiger partial charge in [-0.05, 0) is 77.1 Å². The van der Waals surface area contributed by atoms with Crippen molar-refractivity contribution in [3.63, 3.8) is 0 Å². The normalized spacial score (nSPS) is 19.4. The Kier molecular flexibility index (Phi) is 17.5. The van der Waals surface area contributed by atoms with Crippen molar-refractivity contribution < 1.29 is 47.2 Å². The summed E-state index contributed by atoms with van der Waals surface area (Å²) in [5, 5.41) is 0. The van der Waals surface area contributed by atoms with Crippen LogP contribution in [0, 0.1) is 23.7 Å². The molecule has 3 atom stereocenters. The molecule has 12 nitrogen and oxygen atoms in total. The van der Waals surface area contributed by atoms with E-state index in [-0.39, 0.29) is 61.9 Å². The Bertz CT molecular complexity index is 2130. The van der Waals surface area contributed by atoms with Crippen molar-refractivity contribution in [1.82, 2.24) is 4.90 Å². The number of rotatable bonds is 22. The lowest BCUT2D eigenvalue weighted by Gasteiger charge is -2.65. The van der Waals surface area contributed by atoms with E-state index >= 15 is 0 Å². The van der Waals surface area contributed by atoms with E-state index < -0.39 is 17.4 Å². The minimum absolute atomic E-state index is 0.0157. The summed E-state index contributed by atoms with van der Waals surface area (Å²) in [5.74, 6) is 0.507. The number of nitrogens with zero attached hydrogens (tertiary/aromatic N) is 2. The highest BCUT2D eigenvalue weighted by molar-refractivity contribution is 5.98. The summed E-state index contributed by atoms with van der Waals surface area (Å²) in [6.45, 7) is 16.3. The van der Waals surface area contributed by atoms with Gasteiger partial charge in [-0.15, -0.1) is 0 Å². The summed E-state index contributed by atoms with van der Waals surface area (Å²) >= 11 is 0. The molecule has 4 aromatic carbocycles. The van der Waals surface area contributed by atoms with Gasteiger partial charge in [0.05, 0.1) is 51.3 Å². The molecule has 0 saturated carbocycles. The Hall–Kier alpha value is -4.92. The molecule has 2 amide bonds. The molecule has 0 aromatic heterocycles. The van der Waals surface area contributed by atoms with Crippen LogP contribution in [0.1, 0.15) is 82.6 Å². The van der Waals surface area contributed by atoms with E-state index in [9.17, 15) is 9.59 Å². The van der Waals surface area contributed by atoms with E-state index in [1.54, 1.807) is 19.1 Å². The van der Waals surface area contributed by atoms with Crippen molar-refractivity contribution in [2.75, 3.05) is 58.6 Å². The zero-order valence-electron chi connectivity index (χ0n) is 39.9. The standard InChI is InChI=1S/C52H70N2O10Si/c1-36(2)48-49(41-21-23-43(24-22-41)60-29-15-28-59-33-42-18-12-13-19-45(42)58-8)51(64-65,63-32-40-20-25-46-44(30-40)53(26-14-27-57-7)47(55)34-61-46)35-54(52(48,37(3)4)38(5)6)50(56)62-31-39-16-10-9-11-17-39/h9-13,16-25,30,36-38,48-49H,14-15,26-29,31-35H2,1-8,65H3. The van der Waals surface area contributed by atoms with Gasteiger partial charge in [-0.25, -0.2) is 4.79 Å². The lowest BCUT2D eigenvalue weighted by atomic mass is 9.54. The minimum atomic E-state index is -1.28. The molecule has 4 aromatic rings. The fourth-order valence-electron chi connectivity index (χ4n) is 10.3. The molecule has 0 aliphatic carbocycles. The number of piperidine rings is 1. The number of methoxy groups -OCH3 is 2. The van der Waals surface area contributed by atoms with E-state index in [2.05, 4.69) is 53.7 Å². The maximum Gasteiger partial charge on any atom is 0.410 e. The van der Waals surface area contributed by atoms with Gasteiger partial charge in [0.25, 0.3) is 5.91 Å². The summed E-state index contributed by atoms with van der Waals surface area (Å²) in [4.78, 5) is 31.7. The Morgan fingerprint density at radius 1 is 0.815 bits per heavy atom. The van der Waals surface area contributed by atoms with Gasteiger partial charge in [0.1, 0.15) is 34.3 Å². The first kappa shape index (κ1) is 49.5. The van der Waals surface area contributed by atoms with E-state index in [1.807, 2.05) is 89.8 Å². The average Bonchev–Trinajstić information content (AvgIpc) is 3.31. The van der Waals surface area contributed by atoms with Crippen LogP contribution in [0.15, 0.2) is 97.1 Å². The van der Waals surface area contributed by atoms with Gasteiger partial charge in [0.15, 0.2) is 12.4 Å². The number of carbonyl (C=O) groups excluding carboxylic acids is 2. The largest absolute Gasteiger partial charge is 0.496 e. The molecular weight excluding hydrogens is 841 g/mol. The van der Waals surface area contributed by atoms with Gasteiger partial charge in [-0.3, -0.25) is 9.69 Å². The highest BCUT2D eigenvalue weighted by Crippen LogP contribution is 2.58. The van der Waals surface area contributed by atoms with E-state index in [4.69, 9.17) is 37.6 Å². The van der Waals surface area contributed by atoms with E-state index in [0.717, 1.165) is 40.2 Å². The number of para-hydroxylation sites is 1. The molecule has 65 heavy (non-hydrogen) atoms. The van der Waals surface area contributed by atoms with E-state index in [0.29, 0.717) is 61.3 Å². The summed E-state index contributed by atoms with van der Waals surface area (Å²) in [6.07, 6.45) is 0.999. The molecule has 13 heteroatoms. The molecule has 2 heterocycles. The smallest absolute Gasteiger partial charge is 0.410 e. The van der Waals surface area contributed by atoms with Crippen molar-refractivity contribution in [2.24, 2.45) is 23.7 Å². The number of amides is 2. The summed E-state index contributed by atoms with van der Waals surface area (Å²) in [7, 11) is 3.64. The van der Waals surface area contributed by atoms with Crippen LogP contribution in [0.2, 0.25) is 0 Å². The van der Waals surface area contributed by atoms with E-state index in [1.165, 1.54) is 0 Å².